The van der Waals surface area contributed by atoms with Crippen LogP contribution in [0.4, 0.5) is 24.8 Å². The minimum Gasteiger partial charge on any atom is -0.383 e. The van der Waals surface area contributed by atoms with Crippen LogP contribution in [0.15, 0.2) is 22.9 Å². The molecule has 0 saturated heterocycles. The molecule has 0 saturated carbocycles. The number of rotatable bonds is 3. The van der Waals surface area contributed by atoms with Crippen LogP contribution in [0.1, 0.15) is 17.0 Å². The van der Waals surface area contributed by atoms with Gasteiger partial charge >= 0.3 is 6.18 Å². The molecule has 21 heavy (non-hydrogen) atoms. The number of alkyl halides is 3. The lowest BCUT2D eigenvalue weighted by molar-refractivity contribution is -0.137. The van der Waals surface area contributed by atoms with Crippen LogP contribution in [0.2, 0.25) is 0 Å². The summed E-state index contributed by atoms with van der Waals surface area (Å²) in [5.74, 6) is 0.445. The third-order valence-electron chi connectivity index (χ3n) is 2.62. The maximum Gasteiger partial charge on any atom is 0.419 e. The van der Waals surface area contributed by atoms with Gasteiger partial charge in [-0.25, -0.2) is 15.0 Å². The minimum absolute atomic E-state index is 0.0455. The van der Waals surface area contributed by atoms with Crippen molar-refractivity contribution < 1.29 is 13.2 Å². The monoisotopic (exact) mass is 361 g/mol. The van der Waals surface area contributed by atoms with Gasteiger partial charge in [-0.2, -0.15) is 13.2 Å². The Labute approximate surface area is 126 Å². The molecule has 0 atom stereocenters. The van der Waals surface area contributed by atoms with E-state index in [9.17, 15) is 13.2 Å². The molecule has 0 radical (unpaired) electrons. The average Bonchev–Trinajstić information content (AvgIpc) is 2.38. The molecule has 2 aromatic rings. The average molecular weight is 362 g/mol. The van der Waals surface area contributed by atoms with Gasteiger partial charge in [0.05, 0.1) is 5.56 Å². The van der Waals surface area contributed by atoms with Crippen molar-refractivity contribution in [2.45, 2.75) is 19.6 Å². The maximum atomic E-state index is 12.9. The second-order valence-electron chi connectivity index (χ2n) is 4.23. The van der Waals surface area contributed by atoms with Gasteiger partial charge in [0.2, 0.25) is 0 Å². The van der Waals surface area contributed by atoms with Crippen LogP contribution in [0.3, 0.4) is 0 Å². The first kappa shape index (κ1) is 15.5. The molecule has 112 valence electrons. The number of aromatic nitrogens is 3. The van der Waals surface area contributed by atoms with Gasteiger partial charge in [-0.15, -0.1) is 0 Å². The number of pyridine rings is 1. The number of hydrogen-bond acceptors (Lipinski definition) is 5. The molecule has 9 heteroatoms. The Bertz CT molecular complexity index is 660. The second-order valence-corrected chi connectivity index (χ2v) is 5.14. The second kappa shape index (κ2) is 5.84. The standard InChI is InChI=1S/C12H11BrF3N5/c1-6-18-3-7(10(17)21-6)4-19-11-9(12(14,15)16)2-8(13)5-20-11/h2-3,5H,4H2,1H3,(H,19,20)(H2,17,18,21). The van der Waals surface area contributed by atoms with Crippen molar-refractivity contribution in [1.29, 1.82) is 0 Å². The van der Waals surface area contributed by atoms with E-state index < -0.39 is 11.7 Å². The van der Waals surface area contributed by atoms with Gasteiger partial charge in [0.15, 0.2) is 0 Å². The van der Waals surface area contributed by atoms with Crippen molar-refractivity contribution in [2.75, 3.05) is 11.1 Å². The molecule has 2 aromatic heterocycles. The molecule has 0 aliphatic heterocycles. The van der Waals surface area contributed by atoms with Crippen LogP contribution >= 0.6 is 15.9 Å². The van der Waals surface area contributed by atoms with Crippen LogP contribution < -0.4 is 11.1 Å². The maximum absolute atomic E-state index is 12.9. The Morgan fingerprint density at radius 1 is 1.29 bits per heavy atom. The first-order valence-corrected chi connectivity index (χ1v) is 6.61. The Hall–Kier alpha value is -1.90. The molecule has 0 amide bonds. The zero-order chi connectivity index (χ0) is 15.6. The minimum atomic E-state index is -4.51. The normalized spacial score (nSPS) is 11.5. The summed E-state index contributed by atoms with van der Waals surface area (Å²) < 4.78 is 39.1. The van der Waals surface area contributed by atoms with Gasteiger partial charge in [-0.3, -0.25) is 0 Å². The predicted octanol–water partition coefficient (Wildman–Crippen LogP) is 3.16. The van der Waals surface area contributed by atoms with Crippen LogP contribution in [-0.2, 0) is 12.7 Å². The van der Waals surface area contributed by atoms with E-state index in [-0.39, 0.29) is 22.7 Å². The van der Waals surface area contributed by atoms with Gasteiger partial charge in [-0.1, -0.05) is 0 Å². The number of nitrogen functional groups attached to an aromatic ring is 1. The molecule has 0 aliphatic carbocycles. The van der Waals surface area contributed by atoms with E-state index in [0.29, 0.717) is 11.4 Å². The van der Waals surface area contributed by atoms with Crippen molar-refractivity contribution in [3.63, 3.8) is 0 Å². The highest BCUT2D eigenvalue weighted by molar-refractivity contribution is 9.10. The van der Waals surface area contributed by atoms with Gasteiger partial charge in [0, 0.05) is 29.0 Å². The molecule has 5 nitrogen and oxygen atoms in total. The fourth-order valence-electron chi connectivity index (χ4n) is 1.62. The summed E-state index contributed by atoms with van der Waals surface area (Å²) in [6.45, 7) is 1.72. The van der Waals surface area contributed by atoms with Gasteiger partial charge in [0.1, 0.15) is 17.5 Å². The summed E-state index contributed by atoms with van der Waals surface area (Å²) >= 11 is 2.97. The van der Waals surface area contributed by atoms with Crippen LogP contribution in [-0.4, -0.2) is 15.0 Å². The molecule has 2 rings (SSSR count). The van der Waals surface area contributed by atoms with Crippen molar-refractivity contribution in [3.05, 3.63) is 39.9 Å². The summed E-state index contributed by atoms with van der Waals surface area (Å²) in [6, 6.07) is 0.963. The molecule has 0 aliphatic rings. The Morgan fingerprint density at radius 2 is 2.00 bits per heavy atom. The largest absolute Gasteiger partial charge is 0.419 e. The third kappa shape index (κ3) is 3.81. The zero-order valence-corrected chi connectivity index (χ0v) is 12.5. The molecule has 0 fully saturated rings. The quantitative estimate of drug-likeness (QED) is 0.877. The summed E-state index contributed by atoms with van der Waals surface area (Å²) in [6.07, 6.45) is -1.75. The topological polar surface area (TPSA) is 76.7 Å². The molecular weight excluding hydrogens is 351 g/mol. The summed E-state index contributed by atoms with van der Waals surface area (Å²) in [7, 11) is 0. The van der Waals surface area contributed by atoms with E-state index in [0.717, 1.165) is 6.07 Å². The molecule has 0 bridgehead atoms. The smallest absolute Gasteiger partial charge is 0.383 e. The highest BCUT2D eigenvalue weighted by Crippen LogP contribution is 2.35. The van der Waals surface area contributed by atoms with Crippen molar-refractivity contribution >= 4 is 27.6 Å². The van der Waals surface area contributed by atoms with Crippen LogP contribution in [0.5, 0.6) is 0 Å². The van der Waals surface area contributed by atoms with Gasteiger partial charge in [0.25, 0.3) is 0 Å². The number of nitrogens with two attached hydrogens (primary N) is 1. The number of halogens is 4. The number of anilines is 2. The van der Waals surface area contributed by atoms with E-state index in [1.807, 2.05) is 0 Å². The van der Waals surface area contributed by atoms with E-state index >= 15 is 0 Å². The van der Waals surface area contributed by atoms with Crippen molar-refractivity contribution in [2.24, 2.45) is 0 Å². The Balaban J connectivity index is 2.24. The fraction of sp³-hybridized carbons (Fsp3) is 0.250. The summed E-state index contributed by atoms with van der Waals surface area (Å²) in [4.78, 5) is 11.7. The van der Waals surface area contributed by atoms with Crippen molar-refractivity contribution in [1.82, 2.24) is 15.0 Å². The van der Waals surface area contributed by atoms with Gasteiger partial charge in [-0.05, 0) is 28.9 Å². The lowest BCUT2D eigenvalue weighted by Crippen LogP contribution is -2.13. The first-order valence-electron chi connectivity index (χ1n) is 5.82. The Kier molecular flexibility index (Phi) is 4.31. The zero-order valence-electron chi connectivity index (χ0n) is 10.9. The number of nitrogens with zero attached hydrogens (tertiary/aromatic N) is 3. The fourth-order valence-corrected chi connectivity index (χ4v) is 1.96. The molecule has 0 spiro atoms. The lowest BCUT2D eigenvalue weighted by Gasteiger charge is -2.14. The predicted molar refractivity (Wildman–Crippen MR) is 75.4 cm³/mol. The van der Waals surface area contributed by atoms with E-state index in [1.165, 1.54) is 12.4 Å². The van der Waals surface area contributed by atoms with Gasteiger partial charge < -0.3 is 11.1 Å². The molecule has 0 aromatic carbocycles. The van der Waals surface area contributed by atoms with Crippen molar-refractivity contribution in [3.8, 4) is 0 Å². The highest BCUT2D eigenvalue weighted by Gasteiger charge is 2.34. The third-order valence-corrected chi connectivity index (χ3v) is 3.06. The van der Waals surface area contributed by atoms with E-state index in [4.69, 9.17) is 5.73 Å². The van der Waals surface area contributed by atoms with Crippen LogP contribution in [0, 0.1) is 6.92 Å². The van der Waals surface area contributed by atoms with E-state index in [2.05, 4.69) is 36.2 Å². The molecule has 3 N–H and O–H groups in total. The van der Waals surface area contributed by atoms with Crippen LogP contribution in [0.25, 0.3) is 0 Å². The molecule has 0 unspecified atom stereocenters. The summed E-state index contributed by atoms with van der Waals surface area (Å²) in [5, 5.41) is 2.61. The number of nitrogens with one attached hydrogen (secondary N) is 1. The Morgan fingerprint density at radius 3 is 2.62 bits per heavy atom. The number of hydrogen-bond donors (Lipinski definition) is 2. The first-order chi connectivity index (χ1) is 9.77. The SMILES string of the molecule is Cc1ncc(CNc2ncc(Br)cc2C(F)(F)F)c(N)n1. The molecule has 2 heterocycles. The number of aryl methyl sites for hydroxylation is 1. The van der Waals surface area contributed by atoms with E-state index in [1.54, 1.807) is 6.92 Å². The highest BCUT2D eigenvalue weighted by atomic mass is 79.9. The lowest BCUT2D eigenvalue weighted by atomic mass is 10.2. The summed E-state index contributed by atoms with van der Waals surface area (Å²) in [5.41, 5.74) is 5.33. The molecular formula is C12H11BrF3N5.